The van der Waals surface area contributed by atoms with Gasteiger partial charge < -0.3 is 15.5 Å². The number of nitrogens with zero attached hydrogens (tertiary/aromatic N) is 1. The van der Waals surface area contributed by atoms with Crippen LogP contribution in [0, 0.1) is 5.92 Å². The van der Waals surface area contributed by atoms with Crippen molar-refractivity contribution in [2.24, 2.45) is 5.92 Å². The molecule has 3 rings (SSSR count). The lowest BCUT2D eigenvalue weighted by atomic mass is 9.99. The molecular formula is C18H23N3O3. The Balaban J connectivity index is 1.61. The van der Waals surface area contributed by atoms with Crippen molar-refractivity contribution in [1.29, 1.82) is 0 Å². The summed E-state index contributed by atoms with van der Waals surface area (Å²) in [5.41, 5.74) is 0.961. The number of benzene rings is 1. The van der Waals surface area contributed by atoms with E-state index in [0.29, 0.717) is 23.6 Å². The lowest BCUT2D eigenvalue weighted by molar-refractivity contribution is -0.133. The summed E-state index contributed by atoms with van der Waals surface area (Å²) in [6, 6.07) is 6.22. The number of carbonyl (C=O) groups excluding carboxylic acids is 3. The van der Waals surface area contributed by atoms with Gasteiger partial charge in [0.1, 0.15) is 6.04 Å². The zero-order valence-electron chi connectivity index (χ0n) is 13.9. The standard InChI is InChI=1S/C18H23N3O3/c1-12-5-4-10-21(11-12)16(22)9-8-15-18(24)19-14-7-3-2-6-13(14)17(23)20-15/h2-3,6-7,12,15H,4-5,8-11H2,1H3,(H,19,24)(H,20,23)/t12-,15-/m0/s1. The van der Waals surface area contributed by atoms with Crippen LogP contribution in [0.25, 0.3) is 0 Å². The fourth-order valence-electron chi connectivity index (χ4n) is 3.36. The maximum atomic E-state index is 12.4. The first-order valence-corrected chi connectivity index (χ1v) is 8.53. The SMILES string of the molecule is C[C@H]1CCCN(C(=O)CC[C@@H]2NC(=O)c3ccccc3NC2=O)C1. The van der Waals surface area contributed by atoms with E-state index in [4.69, 9.17) is 0 Å². The molecule has 1 fully saturated rings. The molecule has 2 heterocycles. The number of anilines is 1. The third-order valence-corrected chi connectivity index (χ3v) is 4.71. The van der Waals surface area contributed by atoms with Gasteiger partial charge in [-0.2, -0.15) is 0 Å². The zero-order valence-corrected chi connectivity index (χ0v) is 13.9. The van der Waals surface area contributed by atoms with Crippen molar-refractivity contribution in [2.45, 2.75) is 38.6 Å². The van der Waals surface area contributed by atoms with Crippen LogP contribution in [0.3, 0.4) is 0 Å². The van der Waals surface area contributed by atoms with Crippen LogP contribution in [-0.2, 0) is 9.59 Å². The van der Waals surface area contributed by atoms with Crippen molar-refractivity contribution in [3.8, 4) is 0 Å². The van der Waals surface area contributed by atoms with Crippen molar-refractivity contribution in [3.63, 3.8) is 0 Å². The van der Waals surface area contributed by atoms with Crippen molar-refractivity contribution >= 4 is 23.4 Å². The van der Waals surface area contributed by atoms with E-state index in [0.717, 1.165) is 25.9 Å². The second kappa shape index (κ2) is 7.03. The molecule has 0 spiro atoms. The molecule has 24 heavy (non-hydrogen) atoms. The van der Waals surface area contributed by atoms with E-state index in [1.165, 1.54) is 0 Å². The molecule has 0 saturated carbocycles. The molecule has 0 unspecified atom stereocenters. The molecule has 0 radical (unpaired) electrons. The second-order valence-electron chi connectivity index (χ2n) is 6.69. The molecule has 128 valence electrons. The summed E-state index contributed by atoms with van der Waals surface area (Å²) < 4.78 is 0. The Labute approximate surface area is 141 Å². The molecule has 2 N–H and O–H groups in total. The first-order chi connectivity index (χ1) is 11.5. The number of nitrogens with one attached hydrogen (secondary N) is 2. The molecular weight excluding hydrogens is 306 g/mol. The van der Waals surface area contributed by atoms with Gasteiger partial charge >= 0.3 is 0 Å². The van der Waals surface area contributed by atoms with Gasteiger partial charge in [-0.1, -0.05) is 19.1 Å². The van der Waals surface area contributed by atoms with Gasteiger partial charge in [-0.25, -0.2) is 0 Å². The highest BCUT2D eigenvalue weighted by Gasteiger charge is 2.29. The number of likely N-dealkylation sites (tertiary alicyclic amines) is 1. The van der Waals surface area contributed by atoms with Crippen LogP contribution >= 0.6 is 0 Å². The minimum atomic E-state index is -0.684. The molecule has 0 aromatic heterocycles. The quantitative estimate of drug-likeness (QED) is 0.887. The number of amides is 3. The Morgan fingerprint density at radius 1 is 1.29 bits per heavy atom. The number of hydrogen-bond donors (Lipinski definition) is 2. The molecule has 2 aliphatic rings. The lowest BCUT2D eigenvalue weighted by Gasteiger charge is -2.31. The number of para-hydroxylation sites is 1. The highest BCUT2D eigenvalue weighted by Crippen LogP contribution is 2.20. The van der Waals surface area contributed by atoms with Crippen molar-refractivity contribution in [3.05, 3.63) is 29.8 Å². The van der Waals surface area contributed by atoms with Gasteiger partial charge in [-0.3, -0.25) is 14.4 Å². The van der Waals surface area contributed by atoms with Gasteiger partial charge in [0.15, 0.2) is 0 Å². The zero-order chi connectivity index (χ0) is 17.1. The van der Waals surface area contributed by atoms with Gasteiger partial charge in [-0.15, -0.1) is 0 Å². The van der Waals surface area contributed by atoms with E-state index in [1.807, 2.05) is 4.90 Å². The molecule has 6 nitrogen and oxygen atoms in total. The third kappa shape index (κ3) is 3.58. The van der Waals surface area contributed by atoms with E-state index in [1.54, 1.807) is 24.3 Å². The Hall–Kier alpha value is -2.37. The summed E-state index contributed by atoms with van der Waals surface area (Å²) >= 11 is 0. The van der Waals surface area contributed by atoms with Crippen LogP contribution in [-0.4, -0.2) is 41.8 Å². The molecule has 0 aliphatic carbocycles. The molecule has 1 saturated heterocycles. The van der Waals surface area contributed by atoms with Crippen LogP contribution in [0.15, 0.2) is 24.3 Å². The topological polar surface area (TPSA) is 78.5 Å². The fraction of sp³-hybridized carbons (Fsp3) is 0.500. The summed E-state index contributed by atoms with van der Waals surface area (Å²) in [5.74, 6) is 0.0320. The first kappa shape index (κ1) is 16.5. The average molecular weight is 329 g/mol. The predicted molar refractivity (Wildman–Crippen MR) is 90.5 cm³/mol. The van der Waals surface area contributed by atoms with Crippen molar-refractivity contribution < 1.29 is 14.4 Å². The Kier molecular flexibility index (Phi) is 4.83. The molecule has 2 aliphatic heterocycles. The number of fused-ring (bicyclic) bond motifs is 1. The Morgan fingerprint density at radius 2 is 2.08 bits per heavy atom. The van der Waals surface area contributed by atoms with Crippen LogP contribution < -0.4 is 10.6 Å². The maximum Gasteiger partial charge on any atom is 0.254 e. The van der Waals surface area contributed by atoms with Crippen molar-refractivity contribution in [2.75, 3.05) is 18.4 Å². The van der Waals surface area contributed by atoms with Gasteiger partial charge in [0.2, 0.25) is 11.8 Å². The monoisotopic (exact) mass is 329 g/mol. The number of piperidine rings is 1. The maximum absolute atomic E-state index is 12.4. The summed E-state index contributed by atoms with van der Waals surface area (Å²) in [6.45, 7) is 3.72. The minimum absolute atomic E-state index is 0.0605. The molecule has 6 heteroatoms. The van der Waals surface area contributed by atoms with Crippen LogP contribution in [0.2, 0.25) is 0 Å². The molecule has 1 aromatic carbocycles. The van der Waals surface area contributed by atoms with E-state index >= 15 is 0 Å². The normalized spacial score (nSPS) is 23.8. The van der Waals surface area contributed by atoms with Gasteiger partial charge in [0.25, 0.3) is 5.91 Å². The molecule has 2 atom stereocenters. The predicted octanol–water partition coefficient (Wildman–Crippen LogP) is 1.78. The fourth-order valence-corrected chi connectivity index (χ4v) is 3.36. The highest BCUT2D eigenvalue weighted by atomic mass is 16.2. The highest BCUT2D eigenvalue weighted by molar-refractivity contribution is 6.09. The van der Waals surface area contributed by atoms with E-state index in [2.05, 4.69) is 17.6 Å². The second-order valence-corrected chi connectivity index (χ2v) is 6.69. The van der Waals surface area contributed by atoms with E-state index < -0.39 is 6.04 Å². The van der Waals surface area contributed by atoms with Gasteiger partial charge in [0.05, 0.1) is 11.3 Å². The first-order valence-electron chi connectivity index (χ1n) is 8.53. The number of hydrogen-bond acceptors (Lipinski definition) is 3. The van der Waals surface area contributed by atoms with E-state index in [-0.39, 0.29) is 24.1 Å². The Morgan fingerprint density at radius 3 is 2.88 bits per heavy atom. The van der Waals surface area contributed by atoms with Crippen LogP contribution in [0.5, 0.6) is 0 Å². The summed E-state index contributed by atoms with van der Waals surface area (Å²) in [7, 11) is 0. The average Bonchev–Trinajstić information content (AvgIpc) is 2.69. The summed E-state index contributed by atoms with van der Waals surface area (Å²) in [5, 5.41) is 5.50. The summed E-state index contributed by atoms with van der Waals surface area (Å²) in [6.07, 6.45) is 2.77. The molecule has 0 bridgehead atoms. The molecule has 1 aromatic rings. The Bertz CT molecular complexity index is 659. The number of carbonyl (C=O) groups is 3. The smallest absolute Gasteiger partial charge is 0.254 e. The minimum Gasteiger partial charge on any atom is -0.342 e. The van der Waals surface area contributed by atoms with Crippen molar-refractivity contribution in [1.82, 2.24) is 10.2 Å². The lowest BCUT2D eigenvalue weighted by Crippen LogP contribution is -2.43. The third-order valence-electron chi connectivity index (χ3n) is 4.71. The van der Waals surface area contributed by atoms with Crippen LogP contribution in [0.4, 0.5) is 5.69 Å². The molecule has 3 amide bonds. The van der Waals surface area contributed by atoms with E-state index in [9.17, 15) is 14.4 Å². The van der Waals surface area contributed by atoms with Gasteiger partial charge in [0, 0.05) is 19.5 Å². The van der Waals surface area contributed by atoms with Crippen LogP contribution in [0.1, 0.15) is 43.0 Å². The van der Waals surface area contributed by atoms with Gasteiger partial charge in [-0.05, 0) is 37.3 Å². The largest absolute Gasteiger partial charge is 0.342 e. The summed E-state index contributed by atoms with van der Waals surface area (Å²) in [4.78, 5) is 38.8. The number of rotatable bonds is 3.